The largest absolute Gasteiger partial charge is 0.496 e. The third-order valence-electron chi connectivity index (χ3n) is 3.20. The van der Waals surface area contributed by atoms with Crippen LogP contribution in [0, 0.1) is 0 Å². The highest BCUT2D eigenvalue weighted by atomic mass is 16.5. The Bertz CT molecular complexity index is 576. The van der Waals surface area contributed by atoms with Gasteiger partial charge in [0, 0.05) is 12.3 Å². The monoisotopic (exact) mass is 260 g/mol. The van der Waals surface area contributed by atoms with E-state index >= 15 is 0 Å². The molecular formula is C13H16N4O2. The minimum absolute atomic E-state index is 0.0216. The van der Waals surface area contributed by atoms with Crippen molar-refractivity contribution in [2.45, 2.75) is 18.9 Å². The predicted octanol–water partition coefficient (Wildman–Crippen LogP) is 1.91. The van der Waals surface area contributed by atoms with E-state index in [0.29, 0.717) is 17.3 Å². The van der Waals surface area contributed by atoms with E-state index in [-0.39, 0.29) is 6.10 Å². The van der Waals surface area contributed by atoms with E-state index in [9.17, 15) is 0 Å². The quantitative estimate of drug-likeness (QED) is 0.823. The van der Waals surface area contributed by atoms with Crippen LogP contribution in [0.25, 0.3) is 11.4 Å². The summed E-state index contributed by atoms with van der Waals surface area (Å²) in [5.74, 6) is 2.04. The lowest BCUT2D eigenvalue weighted by Crippen LogP contribution is -1.98. The van der Waals surface area contributed by atoms with Gasteiger partial charge in [0.15, 0.2) is 11.6 Å². The molecule has 0 aliphatic carbocycles. The van der Waals surface area contributed by atoms with Crippen molar-refractivity contribution in [3.8, 4) is 17.1 Å². The SMILES string of the molecule is COc1ccc(N)cc1-c1n[nH]c(C2CCCO2)n1. The lowest BCUT2D eigenvalue weighted by atomic mass is 10.1. The van der Waals surface area contributed by atoms with E-state index in [4.69, 9.17) is 15.2 Å². The maximum absolute atomic E-state index is 5.80. The molecule has 3 rings (SSSR count). The van der Waals surface area contributed by atoms with Crippen molar-refractivity contribution in [3.63, 3.8) is 0 Å². The minimum Gasteiger partial charge on any atom is -0.496 e. The summed E-state index contributed by atoms with van der Waals surface area (Å²) in [6.45, 7) is 0.780. The summed E-state index contributed by atoms with van der Waals surface area (Å²) < 4.78 is 10.9. The zero-order chi connectivity index (χ0) is 13.2. The zero-order valence-corrected chi connectivity index (χ0v) is 10.7. The minimum atomic E-state index is 0.0216. The first-order chi connectivity index (χ1) is 9.28. The summed E-state index contributed by atoms with van der Waals surface area (Å²) in [6.07, 6.45) is 2.05. The molecule has 0 bridgehead atoms. The number of methoxy groups -OCH3 is 1. The fraction of sp³-hybridized carbons (Fsp3) is 0.385. The summed E-state index contributed by atoms with van der Waals surface area (Å²) in [7, 11) is 1.61. The smallest absolute Gasteiger partial charge is 0.185 e. The summed E-state index contributed by atoms with van der Waals surface area (Å²) in [5.41, 5.74) is 7.24. The molecule has 100 valence electrons. The number of hydrogen-bond acceptors (Lipinski definition) is 5. The maximum Gasteiger partial charge on any atom is 0.185 e. The Balaban J connectivity index is 1.95. The van der Waals surface area contributed by atoms with Crippen molar-refractivity contribution in [2.24, 2.45) is 0 Å². The first-order valence-corrected chi connectivity index (χ1v) is 6.25. The van der Waals surface area contributed by atoms with Crippen LogP contribution in [0.2, 0.25) is 0 Å². The summed E-state index contributed by atoms with van der Waals surface area (Å²) >= 11 is 0. The van der Waals surface area contributed by atoms with Crippen LogP contribution in [0.15, 0.2) is 18.2 Å². The Morgan fingerprint density at radius 3 is 3.11 bits per heavy atom. The molecule has 1 saturated heterocycles. The summed E-state index contributed by atoms with van der Waals surface area (Å²) in [4.78, 5) is 4.48. The van der Waals surface area contributed by atoms with Crippen LogP contribution in [0.3, 0.4) is 0 Å². The van der Waals surface area contributed by atoms with Crippen LogP contribution in [-0.2, 0) is 4.74 Å². The normalized spacial score (nSPS) is 18.7. The van der Waals surface area contributed by atoms with E-state index in [0.717, 1.165) is 30.8 Å². The number of aromatic nitrogens is 3. The first kappa shape index (κ1) is 12.0. The van der Waals surface area contributed by atoms with Gasteiger partial charge < -0.3 is 15.2 Å². The van der Waals surface area contributed by atoms with Crippen molar-refractivity contribution in [3.05, 3.63) is 24.0 Å². The van der Waals surface area contributed by atoms with E-state index < -0.39 is 0 Å². The summed E-state index contributed by atoms with van der Waals surface area (Å²) in [5, 5.41) is 7.16. The number of hydrogen-bond donors (Lipinski definition) is 2. The van der Waals surface area contributed by atoms with Crippen molar-refractivity contribution in [1.29, 1.82) is 0 Å². The topological polar surface area (TPSA) is 86.0 Å². The van der Waals surface area contributed by atoms with Gasteiger partial charge in [0.25, 0.3) is 0 Å². The molecule has 19 heavy (non-hydrogen) atoms. The number of aromatic amines is 1. The van der Waals surface area contributed by atoms with Crippen LogP contribution in [-0.4, -0.2) is 28.9 Å². The lowest BCUT2D eigenvalue weighted by Gasteiger charge is -2.06. The third-order valence-corrected chi connectivity index (χ3v) is 3.20. The Hall–Kier alpha value is -2.08. The van der Waals surface area contributed by atoms with Gasteiger partial charge in [-0.25, -0.2) is 4.98 Å². The van der Waals surface area contributed by atoms with Gasteiger partial charge in [0.2, 0.25) is 0 Å². The second-order valence-electron chi connectivity index (χ2n) is 4.51. The van der Waals surface area contributed by atoms with Crippen molar-refractivity contribution in [2.75, 3.05) is 19.5 Å². The van der Waals surface area contributed by atoms with E-state index in [2.05, 4.69) is 15.2 Å². The number of benzene rings is 1. The maximum atomic E-state index is 5.80. The number of H-pyrrole nitrogens is 1. The molecular weight excluding hydrogens is 244 g/mol. The fourth-order valence-electron chi connectivity index (χ4n) is 2.23. The molecule has 0 radical (unpaired) electrons. The highest BCUT2D eigenvalue weighted by Crippen LogP contribution is 2.31. The molecule has 0 saturated carbocycles. The predicted molar refractivity (Wildman–Crippen MR) is 70.7 cm³/mol. The molecule has 2 heterocycles. The highest BCUT2D eigenvalue weighted by molar-refractivity contribution is 5.68. The van der Waals surface area contributed by atoms with Gasteiger partial charge in [-0.15, -0.1) is 0 Å². The Morgan fingerprint density at radius 1 is 1.47 bits per heavy atom. The number of nitrogens with one attached hydrogen (secondary N) is 1. The molecule has 0 spiro atoms. The van der Waals surface area contributed by atoms with Gasteiger partial charge in [-0.2, -0.15) is 5.10 Å². The van der Waals surface area contributed by atoms with Crippen molar-refractivity contribution in [1.82, 2.24) is 15.2 Å². The van der Waals surface area contributed by atoms with Crippen LogP contribution >= 0.6 is 0 Å². The van der Waals surface area contributed by atoms with Crippen LogP contribution in [0.1, 0.15) is 24.8 Å². The average Bonchev–Trinajstić information content (AvgIpc) is 3.09. The molecule has 6 nitrogen and oxygen atoms in total. The molecule has 1 unspecified atom stereocenters. The Kier molecular flexibility index (Phi) is 3.08. The number of anilines is 1. The van der Waals surface area contributed by atoms with E-state index in [1.54, 1.807) is 19.2 Å². The number of nitrogens with zero attached hydrogens (tertiary/aromatic N) is 2. The van der Waals surface area contributed by atoms with Crippen LogP contribution < -0.4 is 10.5 Å². The lowest BCUT2D eigenvalue weighted by molar-refractivity contribution is 0.105. The molecule has 1 aromatic heterocycles. The molecule has 6 heteroatoms. The Morgan fingerprint density at radius 2 is 2.37 bits per heavy atom. The highest BCUT2D eigenvalue weighted by Gasteiger charge is 2.22. The van der Waals surface area contributed by atoms with Crippen LogP contribution in [0.5, 0.6) is 5.75 Å². The second-order valence-corrected chi connectivity index (χ2v) is 4.51. The van der Waals surface area contributed by atoms with Gasteiger partial charge in [-0.05, 0) is 31.0 Å². The molecule has 1 fully saturated rings. The van der Waals surface area contributed by atoms with Gasteiger partial charge >= 0.3 is 0 Å². The number of rotatable bonds is 3. The van der Waals surface area contributed by atoms with Crippen molar-refractivity contribution >= 4 is 5.69 Å². The molecule has 3 N–H and O–H groups in total. The molecule has 0 amide bonds. The average molecular weight is 260 g/mol. The molecule has 1 aromatic carbocycles. The number of nitrogens with two attached hydrogens (primary N) is 1. The van der Waals surface area contributed by atoms with Gasteiger partial charge in [-0.3, -0.25) is 5.10 Å². The van der Waals surface area contributed by atoms with Gasteiger partial charge in [0.05, 0.1) is 12.7 Å². The number of ether oxygens (including phenoxy) is 2. The van der Waals surface area contributed by atoms with Gasteiger partial charge in [-0.1, -0.05) is 0 Å². The molecule has 1 atom stereocenters. The Labute approximate surface area is 110 Å². The number of nitrogen functional groups attached to an aromatic ring is 1. The molecule has 1 aliphatic heterocycles. The second kappa shape index (κ2) is 4.89. The molecule has 2 aromatic rings. The van der Waals surface area contributed by atoms with E-state index in [1.807, 2.05) is 6.07 Å². The first-order valence-electron chi connectivity index (χ1n) is 6.25. The summed E-state index contributed by atoms with van der Waals surface area (Å²) in [6, 6.07) is 5.41. The molecule has 1 aliphatic rings. The van der Waals surface area contributed by atoms with Gasteiger partial charge in [0.1, 0.15) is 11.9 Å². The fourth-order valence-corrected chi connectivity index (χ4v) is 2.23. The zero-order valence-electron chi connectivity index (χ0n) is 10.7. The standard InChI is InChI=1S/C13H16N4O2/c1-18-10-5-4-8(14)7-9(10)12-15-13(17-16-12)11-3-2-6-19-11/h4-5,7,11H,2-3,6,14H2,1H3,(H,15,16,17). The van der Waals surface area contributed by atoms with Crippen LogP contribution in [0.4, 0.5) is 5.69 Å². The van der Waals surface area contributed by atoms with E-state index in [1.165, 1.54) is 0 Å². The van der Waals surface area contributed by atoms with Crippen molar-refractivity contribution < 1.29 is 9.47 Å². The third kappa shape index (κ3) is 2.26.